The predicted octanol–water partition coefficient (Wildman–Crippen LogP) is 2.38. The second-order valence-electron chi connectivity index (χ2n) is 6.75. The summed E-state index contributed by atoms with van der Waals surface area (Å²) in [5, 5.41) is 14.5. The molecule has 0 saturated carbocycles. The van der Waals surface area contributed by atoms with E-state index >= 15 is 0 Å². The van der Waals surface area contributed by atoms with E-state index in [0.29, 0.717) is 49.7 Å². The quantitative estimate of drug-likeness (QED) is 0.816. The largest absolute Gasteiger partial charge is 0.383 e. The van der Waals surface area contributed by atoms with E-state index < -0.39 is 5.60 Å². The summed E-state index contributed by atoms with van der Waals surface area (Å²) >= 11 is 5.87. The van der Waals surface area contributed by atoms with Crippen molar-refractivity contribution in [3.63, 3.8) is 0 Å². The minimum atomic E-state index is -0.886. The first-order valence-corrected chi connectivity index (χ1v) is 9.30. The summed E-state index contributed by atoms with van der Waals surface area (Å²) in [5.41, 5.74) is 0.975. The molecule has 1 aliphatic heterocycles. The van der Waals surface area contributed by atoms with E-state index in [4.69, 9.17) is 11.6 Å². The number of aromatic nitrogens is 1. The van der Waals surface area contributed by atoms with Crippen molar-refractivity contribution in [2.45, 2.75) is 24.9 Å². The Bertz CT molecular complexity index is 714. The zero-order valence-corrected chi connectivity index (χ0v) is 15.5. The Kier molecular flexibility index (Phi) is 6.25. The van der Waals surface area contributed by atoms with Gasteiger partial charge < -0.3 is 10.4 Å². The number of pyridine rings is 1. The number of amides is 1. The van der Waals surface area contributed by atoms with Crippen molar-refractivity contribution in [3.8, 4) is 0 Å². The van der Waals surface area contributed by atoms with Crippen molar-refractivity contribution < 1.29 is 9.90 Å². The average molecular weight is 374 g/mol. The molecule has 0 radical (unpaired) electrons. The number of carbonyl (C=O) groups is 1. The van der Waals surface area contributed by atoms with Crippen molar-refractivity contribution >= 4 is 17.5 Å². The number of aliphatic hydroxyl groups is 1. The van der Waals surface area contributed by atoms with Crippen LogP contribution in [-0.4, -0.2) is 47.1 Å². The van der Waals surface area contributed by atoms with E-state index in [-0.39, 0.29) is 5.91 Å². The van der Waals surface area contributed by atoms with Gasteiger partial charge in [0.25, 0.3) is 0 Å². The zero-order valence-electron chi connectivity index (χ0n) is 14.7. The second-order valence-corrected chi connectivity index (χ2v) is 7.19. The van der Waals surface area contributed by atoms with Gasteiger partial charge >= 0.3 is 0 Å². The molecule has 2 N–H and O–H groups in total. The van der Waals surface area contributed by atoms with Gasteiger partial charge in [-0.3, -0.25) is 14.7 Å². The number of nitrogens with zero attached hydrogens (tertiary/aromatic N) is 2. The van der Waals surface area contributed by atoms with Gasteiger partial charge in [-0.05, 0) is 49.1 Å². The fourth-order valence-electron chi connectivity index (χ4n) is 3.23. The molecule has 0 spiro atoms. The van der Waals surface area contributed by atoms with E-state index in [1.807, 2.05) is 42.5 Å². The van der Waals surface area contributed by atoms with Crippen LogP contribution in [0.4, 0.5) is 0 Å². The number of carbonyl (C=O) groups excluding carboxylic acids is 1. The number of nitrogens with one attached hydrogen (secondary N) is 1. The van der Waals surface area contributed by atoms with Crippen LogP contribution in [0.2, 0.25) is 5.02 Å². The lowest BCUT2D eigenvalue weighted by atomic mass is 9.88. The maximum atomic E-state index is 12.1. The fourth-order valence-corrected chi connectivity index (χ4v) is 3.36. The molecule has 1 aromatic heterocycles. The highest BCUT2D eigenvalue weighted by Gasteiger charge is 2.35. The first-order chi connectivity index (χ1) is 12.5. The summed E-state index contributed by atoms with van der Waals surface area (Å²) in [4.78, 5) is 18.5. The van der Waals surface area contributed by atoms with Crippen molar-refractivity contribution in [1.29, 1.82) is 0 Å². The minimum absolute atomic E-state index is 0.0160. The number of benzene rings is 1. The Morgan fingerprint density at radius 2 is 1.92 bits per heavy atom. The number of halogens is 1. The van der Waals surface area contributed by atoms with Gasteiger partial charge in [0.1, 0.15) is 5.60 Å². The smallest absolute Gasteiger partial charge is 0.234 e. The maximum Gasteiger partial charge on any atom is 0.234 e. The van der Waals surface area contributed by atoms with Crippen LogP contribution in [0.5, 0.6) is 0 Å². The van der Waals surface area contributed by atoms with Crippen LogP contribution in [0.3, 0.4) is 0 Å². The van der Waals surface area contributed by atoms with Crippen LogP contribution in [-0.2, 0) is 16.8 Å². The van der Waals surface area contributed by atoms with Crippen LogP contribution in [0.15, 0.2) is 48.7 Å². The first-order valence-electron chi connectivity index (χ1n) is 8.93. The summed E-state index contributed by atoms with van der Waals surface area (Å²) < 4.78 is 0. The maximum absolute atomic E-state index is 12.1. The van der Waals surface area contributed by atoms with E-state index in [9.17, 15) is 9.90 Å². The van der Waals surface area contributed by atoms with Crippen molar-refractivity contribution in [2.24, 2.45) is 0 Å². The molecule has 6 heteroatoms. The number of hydrogen-bond donors (Lipinski definition) is 2. The highest BCUT2D eigenvalue weighted by molar-refractivity contribution is 6.30. The van der Waals surface area contributed by atoms with Crippen molar-refractivity contribution in [1.82, 2.24) is 15.2 Å². The molecule has 0 aliphatic carbocycles. The fraction of sp³-hybridized carbons (Fsp3) is 0.400. The molecule has 1 amide bonds. The van der Waals surface area contributed by atoms with Crippen molar-refractivity contribution in [3.05, 3.63) is 64.9 Å². The molecule has 5 nitrogen and oxygen atoms in total. The van der Waals surface area contributed by atoms with Gasteiger partial charge in [0.2, 0.25) is 5.91 Å². The monoisotopic (exact) mass is 373 g/mol. The molecular weight excluding hydrogens is 350 g/mol. The van der Waals surface area contributed by atoms with Gasteiger partial charge in [-0.2, -0.15) is 0 Å². The Morgan fingerprint density at radius 3 is 2.58 bits per heavy atom. The molecule has 138 valence electrons. The molecule has 0 bridgehead atoms. The van der Waals surface area contributed by atoms with E-state index in [1.165, 1.54) is 0 Å². The van der Waals surface area contributed by atoms with Crippen LogP contribution in [0.1, 0.15) is 24.1 Å². The molecular formula is C20H24ClN3O2. The topological polar surface area (TPSA) is 65.5 Å². The van der Waals surface area contributed by atoms with Crippen LogP contribution < -0.4 is 5.32 Å². The van der Waals surface area contributed by atoms with Crippen LogP contribution in [0, 0.1) is 0 Å². The zero-order chi connectivity index (χ0) is 18.4. The molecule has 0 atom stereocenters. The number of piperidine rings is 1. The summed E-state index contributed by atoms with van der Waals surface area (Å²) in [6, 6.07) is 13.2. The molecule has 0 unspecified atom stereocenters. The van der Waals surface area contributed by atoms with Gasteiger partial charge in [0, 0.05) is 30.9 Å². The van der Waals surface area contributed by atoms with E-state index in [0.717, 1.165) is 12.0 Å². The summed E-state index contributed by atoms with van der Waals surface area (Å²) in [6.45, 7) is 2.32. The number of likely N-dealkylation sites (tertiary alicyclic amines) is 1. The third-order valence-corrected chi connectivity index (χ3v) is 5.09. The van der Waals surface area contributed by atoms with Gasteiger partial charge in [0.05, 0.1) is 12.2 Å². The highest BCUT2D eigenvalue weighted by atomic mass is 35.5. The van der Waals surface area contributed by atoms with Crippen LogP contribution in [0.25, 0.3) is 0 Å². The van der Waals surface area contributed by atoms with Gasteiger partial charge in [0.15, 0.2) is 0 Å². The first kappa shape index (κ1) is 18.8. The lowest BCUT2D eigenvalue weighted by Crippen LogP contribution is -2.46. The molecule has 26 heavy (non-hydrogen) atoms. The SMILES string of the molecule is O=C(CN1CCC(O)(c2ccccn2)CC1)NCCc1ccc(Cl)cc1. The third kappa shape index (κ3) is 5.04. The van der Waals surface area contributed by atoms with Crippen molar-refractivity contribution in [2.75, 3.05) is 26.2 Å². The molecule has 2 heterocycles. The third-order valence-electron chi connectivity index (χ3n) is 4.84. The van der Waals surface area contributed by atoms with Gasteiger partial charge in [-0.25, -0.2) is 0 Å². The Labute approximate surface area is 159 Å². The predicted molar refractivity (Wildman–Crippen MR) is 102 cm³/mol. The Balaban J connectivity index is 1.40. The standard InChI is InChI=1S/C20H24ClN3O2/c21-17-6-4-16(5-7-17)8-12-23-19(25)15-24-13-9-20(26,10-14-24)18-3-1-2-11-22-18/h1-7,11,26H,8-10,12-15H2,(H,23,25). The lowest BCUT2D eigenvalue weighted by Gasteiger charge is -2.37. The van der Waals surface area contributed by atoms with Crippen LogP contribution >= 0.6 is 11.6 Å². The average Bonchev–Trinajstić information content (AvgIpc) is 2.66. The molecule has 1 aliphatic rings. The molecule has 1 saturated heterocycles. The number of rotatable bonds is 6. The van der Waals surface area contributed by atoms with E-state index in [1.54, 1.807) is 6.20 Å². The summed E-state index contributed by atoms with van der Waals surface area (Å²) in [7, 11) is 0. The molecule has 2 aromatic rings. The molecule has 3 rings (SSSR count). The Hall–Kier alpha value is -1.95. The number of hydrogen-bond acceptors (Lipinski definition) is 4. The van der Waals surface area contributed by atoms with Gasteiger partial charge in [-0.1, -0.05) is 29.8 Å². The molecule has 1 fully saturated rings. The van der Waals surface area contributed by atoms with E-state index in [2.05, 4.69) is 15.2 Å². The summed E-state index contributed by atoms with van der Waals surface area (Å²) in [6.07, 6.45) is 3.65. The van der Waals surface area contributed by atoms with Gasteiger partial charge in [-0.15, -0.1) is 0 Å². The summed E-state index contributed by atoms with van der Waals surface area (Å²) in [5.74, 6) is 0.0160. The lowest BCUT2D eigenvalue weighted by molar-refractivity contribution is -0.123. The highest BCUT2D eigenvalue weighted by Crippen LogP contribution is 2.31. The Morgan fingerprint density at radius 1 is 1.19 bits per heavy atom. The molecule has 1 aromatic carbocycles. The minimum Gasteiger partial charge on any atom is -0.383 e. The normalized spacial score (nSPS) is 17.0. The second kappa shape index (κ2) is 8.62.